The lowest BCUT2D eigenvalue weighted by atomic mass is 9.79. The molecule has 21 heavy (non-hydrogen) atoms. The van der Waals surface area contributed by atoms with E-state index in [0.29, 0.717) is 17.3 Å². The molecule has 0 aromatic heterocycles. The Morgan fingerprint density at radius 1 is 1.57 bits per heavy atom. The summed E-state index contributed by atoms with van der Waals surface area (Å²) in [5, 5.41) is 0. The maximum atomic E-state index is 12.4. The van der Waals surface area contributed by atoms with Crippen molar-refractivity contribution in [1.29, 1.82) is 0 Å². The van der Waals surface area contributed by atoms with E-state index in [4.69, 9.17) is 4.74 Å². The molecule has 4 aliphatic rings. The van der Waals surface area contributed by atoms with E-state index in [1.54, 1.807) is 5.57 Å². The van der Waals surface area contributed by atoms with Crippen LogP contribution in [0.1, 0.15) is 46.0 Å². The lowest BCUT2D eigenvalue weighted by molar-refractivity contribution is -0.145. The van der Waals surface area contributed by atoms with Gasteiger partial charge in [-0.2, -0.15) is 0 Å². The largest absolute Gasteiger partial charge is 0.461 e. The van der Waals surface area contributed by atoms with E-state index < -0.39 is 0 Å². The number of hydrogen-bond acceptors (Lipinski definition) is 2. The van der Waals surface area contributed by atoms with Crippen LogP contribution in [0.25, 0.3) is 0 Å². The molecule has 2 nitrogen and oxygen atoms in total. The molecule has 0 bridgehead atoms. The Bertz CT molecular complexity index is 545. The van der Waals surface area contributed by atoms with Gasteiger partial charge in [0.15, 0.2) is 0 Å². The van der Waals surface area contributed by atoms with Gasteiger partial charge < -0.3 is 4.74 Å². The van der Waals surface area contributed by atoms with Crippen molar-refractivity contribution in [2.24, 2.45) is 29.1 Å². The van der Waals surface area contributed by atoms with Crippen molar-refractivity contribution in [3.63, 3.8) is 0 Å². The van der Waals surface area contributed by atoms with Crippen molar-refractivity contribution in [3.8, 4) is 0 Å². The summed E-state index contributed by atoms with van der Waals surface area (Å²) in [5.74, 6) is 1.94. The zero-order valence-corrected chi connectivity index (χ0v) is 14.9. The molecule has 0 radical (unpaired) electrons. The summed E-state index contributed by atoms with van der Waals surface area (Å²) in [5.41, 5.74) is 2.11. The number of rotatable bonds is 2. The first-order valence-electron chi connectivity index (χ1n) is 8.24. The molecule has 0 aromatic carbocycles. The van der Waals surface area contributed by atoms with Crippen LogP contribution < -0.4 is 0 Å². The molecule has 2 saturated carbocycles. The summed E-state index contributed by atoms with van der Waals surface area (Å²) in [6.45, 7) is 4.52. The normalized spacial score (nSPS) is 48.0. The third-order valence-electron chi connectivity index (χ3n) is 6.48. The molecule has 0 N–H and O–H groups in total. The third-order valence-corrected chi connectivity index (χ3v) is 6.92. The molecule has 3 fully saturated rings. The number of esters is 1. The van der Waals surface area contributed by atoms with Crippen LogP contribution >= 0.6 is 22.6 Å². The smallest absolute Gasteiger partial charge is 0.309 e. The number of carbonyl (C=O) groups is 1. The van der Waals surface area contributed by atoms with Crippen LogP contribution in [0.5, 0.6) is 0 Å². The van der Waals surface area contributed by atoms with Crippen molar-refractivity contribution in [3.05, 3.63) is 21.3 Å². The van der Waals surface area contributed by atoms with Crippen LogP contribution in [0.15, 0.2) is 21.3 Å². The predicted molar refractivity (Wildman–Crippen MR) is 90.9 cm³/mol. The molecule has 4 rings (SSSR count). The maximum absolute atomic E-state index is 12.4. The number of ether oxygens (including phenoxy) is 1. The predicted octanol–water partition coefficient (Wildman–Crippen LogP) is 4.64. The Morgan fingerprint density at radius 2 is 2.38 bits per heavy atom. The van der Waals surface area contributed by atoms with Gasteiger partial charge >= 0.3 is 5.97 Å². The maximum Gasteiger partial charge on any atom is 0.309 e. The molecule has 0 amide bonds. The average molecular weight is 398 g/mol. The number of fused-ring (bicyclic) bond motifs is 3. The Kier molecular flexibility index (Phi) is 3.29. The minimum atomic E-state index is 0.0681. The molecule has 3 aliphatic carbocycles. The molecule has 1 aliphatic heterocycles. The van der Waals surface area contributed by atoms with E-state index in [2.05, 4.69) is 48.6 Å². The molecule has 0 spiro atoms. The fraction of sp³-hybridized carbons (Fsp3) is 0.722. The van der Waals surface area contributed by atoms with Crippen molar-refractivity contribution in [1.82, 2.24) is 0 Å². The van der Waals surface area contributed by atoms with Crippen LogP contribution in [-0.4, -0.2) is 12.1 Å². The van der Waals surface area contributed by atoms with Crippen LogP contribution in [-0.2, 0) is 9.53 Å². The van der Waals surface area contributed by atoms with E-state index in [9.17, 15) is 4.79 Å². The molecule has 6 atom stereocenters. The molecule has 0 aromatic rings. The number of carbonyl (C=O) groups excluding carboxylic acids is 1. The van der Waals surface area contributed by atoms with Gasteiger partial charge in [0.05, 0.1) is 5.92 Å². The lowest BCUT2D eigenvalue weighted by Crippen LogP contribution is -2.24. The number of hydrogen-bond donors (Lipinski definition) is 0. The van der Waals surface area contributed by atoms with E-state index in [-0.39, 0.29) is 18.0 Å². The lowest BCUT2D eigenvalue weighted by Gasteiger charge is -2.24. The van der Waals surface area contributed by atoms with Gasteiger partial charge in [-0.25, -0.2) is 0 Å². The van der Waals surface area contributed by atoms with E-state index >= 15 is 0 Å². The summed E-state index contributed by atoms with van der Waals surface area (Å²) in [4.78, 5) is 12.4. The van der Waals surface area contributed by atoms with Gasteiger partial charge in [0.2, 0.25) is 0 Å². The summed E-state index contributed by atoms with van der Waals surface area (Å²) < 4.78 is 7.19. The Hall–Kier alpha value is -0.320. The average Bonchev–Trinajstić information content (AvgIpc) is 2.99. The summed E-state index contributed by atoms with van der Waals surface area (Å²) in [7, 11) is 0. The van der Waals surface area contributed by atoms with Gasteiger partial charge in [-0.1, -0.05) is 24.6 Å². The second-order valence-corrected chi connectivity index (χ2v) is 9.27. The first kappa shape index (κ1) is 14.3. The number of allylic oxidation sites excluding steroid dienone is 4. The molecule has 1 heterocycles. The summed E-state index contributed by atoms with van der Waals surface area (Å²) in [6, 6.07) is 0. The van der Waals surface area contributed by atoms with Gasteiger partial charge in [-0.15, -0.1) is 0 Å². The highest BCUT2D eigenvalue weighted by Gasteiger charge is 2.70. The van der Waals surface area contributed by atoms with Gasteiger partial charge in [-0.3, -0.25) is 4.79 Å². The van der Waals surface area contributed by atoms with Crippen LogP contribution in [0.4, 0.5) is 0 Å². The van der Waals surface area contributed by atoms with E-state index in [1.165, 1.54) is 22.8 Å². The fourth-order valence-corrected chi connectivity index (χ4v) is 5.66. The van der Waals surface area contributed by atoms with Crippen LogP contribution in [0, 0.1) is 29.1 Å². The minimum absolute atomic E-state index is 0.0681. The highest BCUT2D eigenvalue weighted by molar-refractivity contribution is 14.1. The van der Waals surface area contributed by atoms with E-state index in [1.807, 2.05) is 0 Å². The van der Waals surface area contributed by atoms with Gasteiger partial charge in [-0.05, 0) is 76.5 Å². The SMILES string of the molecule is C/C(I)=C/C[C@H]1C(=O)O[C@@H]2[C@@H]1CCC1=CCC[C@]3(C)[C@@H]2[C@@H]13. The van der Waals surface area contributed by atoms with Crippen molar-refractivity contribution >= 4 is 28.6 Å². The first-order chi connectivity index (χ1) is 10.0. The fourth-order valence-electron chi connectivity index (χ4n) is 5.41. The van der Waals surface area contributed by atoms with Crippen molar-refractivity contribution in [2.75, 3.05) is 0 Å². The highest BCUT2D eigenvalue weighted by Crippen LogP contribution is 2.72. The van der Waals surface area contributed by atoms with E-state index in [0.717, 1.165) is 18.8 Å². The molecule has 3 heteroatoms. The van der Waals surface area contributed by atoms with Crippen molar-refractivity contribution in [2.45, 2.75) is 52.1 Å². The molecular formula is C18H23IO2. The zero-order chi connectivity index (χ0) is 14.8. The Labute approximate surface area is 140 Å². The van der Waals surface area contributed by atoms with Gasteiger partial charge in [0.25, 0.3) is 0 Å². The van der Waals surface area contributed by atoms with Crippen LogP contribution in [0.3, 0.4) is 0 Å². The molecule has 1 saturated heterocycles. The minimum Gasteiger partial charge on any atom is -0.461 e. The zero-order valence-electron chi connectivity index (χ0n) is 12.8. The quantitative estimate of drug-likeness (QED) is 0.385. The topological polar surface area (TPSA) is 26.3 Å². The first-order valence-corrected chi connectivity index (χ1v) is 9.32. The van der Waals surface area contributed by atoms with Crippen molar-refractivity contribution < 1.29 is 9.53 Å². The molecule has 0 unspecified atom stereocenters. The van der Waals surface area contributed by atoms with Crippen LogP contribution in [0.2, 0.25) is 0 Å². The third kappa shape index (κ3) is 2.06. The highest BCUT2D eigenvalue weighted by atomic mass is 127. The Balaban J connectivity index is 1.62. The summed E-state index contributed by atoms with van der Waals surface area (Å²) >= 11 is 2.33. The molecule has 114 valence electrons. The standard InChI is InChI=1S/C18H23IO2/c1-10(19)5-7-13-12-8-6-11-4-3-9-18(2)14(11)15(18)16(12)21-17(13)20/h4-5,12-16H,3,6-9H2,1-2H3/b10-5-/t12-,13-,14-,15-,16-,18+/m1/s1. The Morgan fingerprint density at radius 3 is 3.14 bits per heavy atom. The second-order valence-electron chi connectivity index (χ2n) is 7.56. The van der Waals surface area contributed by atoms with Gasteiger partial charge in [0, 0.05) is 11.8 Å². The van der Waals surface area contributed by atoms with Gasteiger partial charge in [0.1, 0.15) is 6.10 Å². The number of halogens is 1. The molecular weight excluding hydrogens is 375 g/mol. The monoisotopic (exact) mass is 398 g/mol. The summed E-state index contributed by atoms with van der Waals surface area (Å²) in [6.07, 6.45) is 10.6. The second kappa shape index (κ2) is 4.84.